The topological polar surface area (TPSA) is 124 Å². The molecule has 0 aromatic rings. The molecule has 0 rings (SSSR count). The van der Waals surface area contributed by atoms with Crippen molar-refractivity contribution in [1.82, 2.24) is 0 Å². The van der Waals surface area contributed by atoms with Crippen molar-refractivity contribution in [3.05, 3.63) is 0 Å². The van der Waals surface area contributed by atoms with Crippen LogP contribution in [0.1, 0.15) is 0 Å². The normalized spacial score (nSPS) is 8.57. The molecule has 0 heterocycles. The van der Waals surface area contributed by atoms with Crippen LogP contribution in [-0.4, -0.2) is 14.5 Å². The Kier molecular flexibility index (Phi) is 10.5. The third-order valence-electron chi connectivity index (χ3n) is 0. The van der Waals surface area contributed by atoms with Crippen LogP contribution >= 0.6 is 0 Å². The molecule has 0 aliphatic heterocycles. The second-order valence-electron chi connectivity index (χ2n) is 0.500. The summed E-state index contributed by atoms with van der Waals surface area (Å²) >= 11 is 0. The van der Waals surface area contributed by atoms with E-state index in [-0.39, 0.29) is 22.5 Å². The van der Waals surface area contributed by atoms with Crippen molar-refractivity contribution in [2.45, 2.75) is 0 Å². The molecule has 0 aromatic carbocycles. The molecule has 5 nitrogen and oxygen atoms in total. The second-order valence-corrected chi connectivity index (χ2v) is 1.50. The Morgan fingerprint density at radius 3 is 0.857 bits per heavy atom. The van der Waals surface area contributed by atoms with E-state index in [9.17, 15) is 0 Å². The molecule has 0 saturated heterocycles. The van der Waals surface area contributed by atoms with Gasteiger partial charge in [0.05, 0.1) is 0 Å². The van der Waals surface area contributed by atoms with Crippen LogP contribution < -0.4 is 19.2 Å². The molecule has 43 valence electrons. The maximum atomic E-state index is 8.58. The number of hydrogen-bond acceptors (Lipinski definition) is 4. The van der Waals surface area contributed by atoms with E-state index >= 15 is 0 Å². The third-order valence-corrected chi connectivity index (χ3v) is 0. The first-order valence-electron chi connectivity index (χ1n) is 0.816. The van der Waals surface area contributed by atoms with Gasteiger partial charge in [-0.05, 0) is 0 Å². The van der Waals surface area contributed by atoms with Crippen LogP contribution in [0.15, 0.2) is 0 Å². The summed E-state index contributed by atoms with van der Waals surface area (Å²) in [7, 11) is -5.61. The van der Waals surface area contributed by atoms with Gasteiger partial charge in [-0.25, -0.2) is 0 Å². The Labute approximate surface area is 51.5 Å². The van der Waals surface area contributed by atoms with Crippen molar-refractivity contribution in [3.63, 3.8) is 0 Å². The van der Waals surface area contributed by atoms with E-state index in [0.717, 1.165) is 0 Å². The standard InChI is InChI=1S/Mn.O4Si.H2O/c;1-5(2,3)4;/h;;1H2/q+4;-4;. The van der Waals surface area contributed by atoms with E-state index in [4.69, 9.17) is 19.2 Å². The quantitative estimate of drug-likeness (QED) is 0.331. The van der Waals surface area contributed by atoms with E-state index in [0.29, 0.717) is 0 Å². The summed E-state index contributed by atoms with van der Waals surface area (Å²) < 4.78 is 0. The van der Waals surface area contributed by atoms with Crippen LogP contribution in [-0.2, 0) is 17.1 Å². The van der Waals surface area contributed by atoms with Crippen LogP contribution in [0.3, 0.4) is 0 Å². The summed E-state index contributed by atoms with van der Waals surface area (Å²) in [5.41, 5.74) is 0. The monoisotopic (exact) mass is 165 g/mol. The van der Waals surface area contributed by atoms with Gasteiger partial charge in [-0.15, -0.1) is 0 Å². The average Bonchev–Trinajstić information content (AvgIpc) is 0.722. The Balaban J connectivity index is -0.0000000800. The van der Waals surface area contributed by atoms with Crippen LogP contribution in [0.25, 0.3) is 0 Å². The molecule has 0 aliphatic carbocycles. The predicted octanol–water partition coefficient (Wildman–Crippen LogP) is -5.96. The fourth-order valence-electron chi connectivity index (χ4n) is 0. The Bertz CT molecular complexity index is 23.6. The van der Waals surface area contributed by atoms with E-state index in [1.807, 2.05) is 0 Å². The van der Waals surface area contributed by atoms with E-state index in [2.05, 4.69) is 0 Å². The largest absolute Gasteiger partial charge is 4.00 e. The molecule has 1 radical (unpaired) electrons. The first-order valence-corrected chi connectivity index (χ1v) is 2.45. The van der Waals surface area contributed by atoms with Gasteiger partial charge >= 0.3 is 17.1 Å². The van der Waals surface area contributed by atoms with Gasteiger partial charge in [0.25, 0.3) is 0 Å². The van der Waals surface area contributed by atoms with Gasteiger partial charge in [0.1, 0.15) is 0 Å². The molecule has 0 atom stereocenters. The minimum absolute atomic E-state index is 0. The van der Waals surface area contributed by atoms with E-state index in [1.54, 1.807) is 0 Å². The minimum atomic E-state index is -5.61. The summed E-state index contributed by atoms with van der Waals surface area (Å²) in [6.07, 6.45) is 0. The van der Waals surface area contributed by atoms with Crippen LogP contribution in [0.5, 0.6) is 0 Å². The average molecular weight is 165 g/mol. The molecule has 0 amide bonds. The fraction of sp³-hybridized carbons (Fsp3) is 0. The molecule has 2 N–H and O–H groups in total. The molecular formula is H2MnO5Si. The summed E-state index contributed by atoms with van der Waals surface area (Å²) in [5, 5.41) is 0. The fourth-order valence-corrected chi connectivity index (χ4v) is 0. The van der Waals surface area contributed by atoms with Crippen LogP contribution in [0.2, 0.25) is 0 Å². The first kappa shape index (κ1) is 15.6. The molecule has 0 unspecified atom stereocenters. The van der Waals surface area contributed by atoms with Crippen molar-refractivity contribution >= 4 is 9.05 Å². The molecule has 0 bridgehead atoms. The SMILES string of the molecule is O.[Mn+4].[O-][Si]([O-])([O-])[O-]. The van der Waals surface area contributed by atoms with Crippen molar-refractivity contribution in [1.29, 1.82) is 0 Å². The second kappa shape index (κ2) is 4.69. The Morgan fingerprint density at radius 1 is 0.857 bits per heavy atom. The van der Waals surface area contributed by atoms with Crippen molar-refractivity contribution in [2.24, 2.45) is 0 Å². The molecule has 0 aromatic heterocycles. The predicted molar refractivity (Wildman–Crippen MR) is 9.37 cm³/mol. The zero-order chi connectivity index (χ0) is 4.50. The van der Waals surface area contributed by atoms with Gasteiger partial charge in [-0.3, -0.25) is 0 Å². The zero-order valence-corrected chi connectivity index (χ0v) is 5.19. The van der Waals surface area contributed by atoms with Crippen LogP contribution in [0.4, 0.5) is 0 Å². The molecule has 7 heteroatoms. The van der Waals surface area contributed by atoms with Gasteiger partial charge < -0.3 is 33.7 Å². The van der Waals surface area contributed by atoms with E-state index < -0.39 is 9.05 Å². The summed E-state index contributed by atoms with van der Waals surface area (Å²) in [6.45, 7) is 0. The van der Waals surface area contributed by atoms with Crippen molar-refractivity contribution in [2.75, 3.05) is 0 Å². The van der Waals surface area contributed by atoms with Gasteiger partial charge in [0, 0.05) is 0 Å². The van der Waals surface area contributed by atoms with E-state index in [1.165, 1.54) is 0 Å². The maximum absolute atomic E-state index is 8.58. The van der Waals surface area contributed by atoms with Crippen molar-refractivity contribution in [3.8, 4) is 0 Å². The third kappa shape index (κ3) is 468. The molecule has 0 fully saturated rings. The Hall–Kier alpha value is 0.536. The molecule has 7 heavy (non-hydrogen) atoms. The minimum Gasteiger partial charge on any atom is -0.894 e. The van der Waals surface area contributed by atoms with Crippen molar-refractivity contribution < 1.29 is 41.7 Å². The molecule has 0 aliphatic rings. The summed E-state index contributed by atoms with van der Waals surface area (Å²) in [4.78, 5) is 34.3. The number of hydrogen-bond donors (Lipinski definition) is 0. The van der Waals surface area contributed by atoms with Gasteiger partial charge in [-0.1, -0.05) is 0 Å². The Morgan fingerprint density at radius 2 is 0.857 bits per heavy atom. The maximum Gasteiger partial charge on any atom is 4.00 e. The summed E-state index contributed by atoms with van der Waals surface area (Å²) in [5.74, 6) is 0. The van der Waals surface area contributed by atoms with Gasteiger partial charge in [-0.2, -0.15) is 0 Å². The van der Waals surface area contributed by atoms with Gasteiger partial charge in [0.15, 0.2) is 0 Å². The first-order chi connectivity index (χ1) is 2.00. The zero-order valence-electron chi connectivity index (χ0n) is 3.01. The van der Waals surface area contributed by atoms with Gasteiger partial charge in [0.2, 0.25) is 0 Å². The van der Waals surface area contributed by atoms with Crippen LogP contribution in [0, 0.1) is 0 Å². The molecule has 0 spiro atoms. The number of rotatable bonds is 0. The smallest absolute Gasteiger partial charge is 0.894 e. The molecular weight excluding hydrogens is 163 g/mol. The molecule has 0 saturated carbocycles. The summed E-state index contributed by atoms with van der Waals surface area (Å²) in [6, 6.07) is 0.